The van der Waals surface area contributed by atoms with Gasteiger partial charge >= 0.3 is 0 Å². The van der Waals surface area contributed by atoms with Crippen molar-refractivity contribution in [1.82, 2.24) is 32.4 Å². The summed E-state index contributed by atoms with van der Waals surface area (Å²) in [5.74, 6) is 0. The Balaban J connectivity index is 0.000000101. The van der Waals surface area contributed by atoms with Gasteiger partial charge in [0.2, 0.25) is 0 Å². The second-order valence-corrected chi connectivity index (χ2v) is 40.3. The Morgan fingerprint density at radius 1 is 0.153 bits per heavy atom. The normalized spacial score (nSPS) is 12.5. The fraction of sp³-hybridized carbons (Fsp3) is 0.0214. The first-order valence-corrected chi connectivity index (χ1v) is 51.4. The van der Waals surface area contributed by atoms with Gasteiger partial charge in [-0.3, -0.25) is 0 Å². The lowest BCUT2D eigenvalue weighted by molar-refractivity contribution is 0.660. The van der Waals surface area contributed by atoms with Crippen LogP contribution in [0.2, 0.25) is 0 Å². The fourth-order valence-electron chi connectivity index (χ4n) is 24.8. The Hall–Kier alpha value is -19.8. The van der Waals surface area contributed by atoms with Crippen molar-refractivity contribution in [2.75, 3.05) is 0 Å². The molecule has 10 nitrogen and oxygen atoms in total. The molecule has 33 rings (SSSR count). The quantitative estimate of drug-likeness (QED) is 0.137. The molecular weight excluding hydrogens is 1830 g/mol. The maximum absolute atomic E-state index is 6.57. The molecule has 0 radical (unpaired) electrons. The minimum Gasteiger partial charge on any atom is -0.456 e. The fourth-order valence-corrected chi connectivity index (χ4v) is 24.8. The summed E-state index contributed by atoms with van der Waals surface area (Å²) in [4.78, 5) is 5.02. The van der Waals surface area contributed by atoms with Crippen molar-refractivity contribution in [1.29, 1.82) is 0 Å². The van der Waals surface area contributed by atoms with E-state index >= 15 is 0 Å². The van der Waals surface area contributed by atoms with Gasteiger partial charge in [0.05, 0.1) is 77.6 Å². The lowest BCUT2D eigenvalue weighted by Gasteiger charge is -2.22. The van der Waals surface area contributed by atoms with Crippen molar-refractivity contribution in [2.45, 2.75) is 19.3 Å². The first kappa shape index (κ1) is 84.7. The average Bonchev–Trinajstić information content (AvgIpc) is 1.57. The van der Waals surface area contributed by atoms with Gasteiger partial charge in [0.25, 0.3) is 0 Å². The minimum atomic E-state index is -0.0746. The summed E-state index contributed by atoms with van der Waals surface area (Å²) < 4.78 is 33.9. The molecule has 0 atom stereocenters. The number of pyridine rings is 1. The molecular formula is C140H89N7O3. The molecule has 0 saturated carbocycles. The van der Waals surface area contributed by atoms with Crippen LogP contribution in [0.25, 0.3) is 287 Å². The summed E-state index contributed by atoms with van der Waals surface area (Å²) in [7, 11) is 0. The van der Waals surface area contributed by atoms with E-state index in [1.807, 2.05) is 24.3 Å². The molecule has 0 fully saturated rings. The smallest absolute Gasteiger partial charge is 0.136 e. The van der Waals surface area contributed by atoms with Gasteiger partial charge in [0, 0.05) is 148 Å². The van der Waals surface area contributed by atoms with E-state index in [9.17, 15) is 0 Å². The van der Waals surface area contributed by atoms with Gasteiger partial charge in [-0.15, -0.1) is 0 Å². The van der Waals surface area contributed by atoms with E-state index < -0.39 is 0 Å². The highest BCUT2D eigenvalue weighted by Gasteiger charge is 2.36. The summed E-state index contributed by atoms with van der Waals surface area (Å²) in [5, 5.41) is 21.4. The Labute approximate surface area is 860 Å². The highest BCUT2D eigenvalue weighted by molar-refractivity contribution is 6.27. The Bertz CT molecular complexity index is 11200. The molecule has 0 aliphatic heterocycles. The van der Waals surface area contributed by atoms with E-state index in [1.54, 1.807) is 0 Å². The number of fused-ring (bicyclic) bond motifs is 30. The molecule has 0 unspecified atom stereocenters. The largest absolute Gasteiger partial charge is 0.456 e. The number of hydrogen-bond donors (Lipinski definition) is 0. The number of hydrogen-bond acceptors (Lipinski definition) is 4. The first-order chi connectivity index (χ1) is 74.1. The van der Waals surface area contributed by atoms with Crippen LogP contribution in [0.15, 0.2) is 517 Å². The lowest BCUT2D eigenvalue weighted by Crippen LogP contribution is -2.15. The van der Waals surface area contributed by atoms with Gasteiger partial charge in [-0.05, 0) is 245 Å². The molecule has 22 aromatic carbocycles. The Kier molecular flexibility index (Phi) is 18.7. The molecule has 0 N–H and O–H groups in total. The van der Waals surface area contributed by atoms with Crippen LogP contribution in [0.4, 0.5) is 0 Å². The summed E-state index contributed by atoms with van der Waals surface area (Å²) in [6.45, 7) is 4.71. The summed E-state index contributed by atoms with van der Waals surface area (Å²) in [6, 6.07) is 181. The van der Waals surface area contributed by atoms with E-state index in [4.69, 9.17) is 18.2 Å². The Morgan fingerprint density at radius 2 is 0.440 bits per heavy atom. The third-order valence-corrected chi connectivity index (χ3v) is 31.7. The third kappa shape index (κ3) is 13.1. The van der Waals surface area contributed by atoms with Crippen molar-refractivity contribution in [2.24, 2.45) is 0 Å². The first-order valence-electron chi connectivity index (χ1n) is 51.4. The van der Waals surface area contributed by atoms with E-state index in [0.29, 0.717) is 0 Å². The maximum atomic E-state index is 6.57. The molecule has 0 amide bonds. The Morgan fingerprint density at radius 3 is 0.900 bits per heavy atom. The van der Waals surface area contributed by atoms with Gasteiger partial charge in [0.15, 0.2) is 0 Å². The zero-order chi connectivity index (χ0) is 98.7. The number of nitrogens with zero attached hydrogens (tertiary/aromatic N) is 7. The van der Waals surface area contributed by atoms with Crippen LogP contribution in [0.1, 0.15) is 25.0 Å². The van der Waals surface area contributed by atoms with Gasteiger partial charge in [-0.2, -0.15) is 0 Å². The SMILES string of the molecule is CC1(C)c2ccccc2-c2ccc(-n3c4ccccc4c4cc5c6cc7oc8ccccc8c7cc6n(-c6ccccc6)c5cc43)cc21.c1ccc(-c2cccc(-c3ccc(-n4c5ccccc5c5cc6c7cc8oc9ccccc9c8cc7n(-c7ccccc7)c6cc54)cc3)n2)cc1.c1ccc(-c2cccc(-n3c4ccccc4c4cc5c6cc7oc8ccc(-c9ccccc9)cc8c7cc6n(-c6ccccc6)c5cc43)c2)cc1. The van der Waals surface area contributed by atoms with E-state index in [1.165, 1.54) is 153 Å². The molecule has 0 bridgehead atoms. The van der Waals surface area contributed by atoms with Crippen molar-refractivity contribution in [3.05, 3.63) is 515 Å². The van der Waals surface area contributed by atoms with Crippen molar-refractivity contribution in [3.63, 3.8) is 0 Å². The van der Waals surface area contributed by atoms with Crippen LogP contribution in [-0.2, 0) is 5.41 Å². The maximum Gasteiger partial charge on any atom is 0.136 e. The lowest BCUT2D eigenvalue weighted by atomic mass is 9.82. The second-order valence-electron chi connectivity index (χ2n) is 40.3. The third-order valence-electron chi connectivity index (χ3n) is 31.7. The summed E-state index contributed by atoms with van der Waals surface area (Å²) in [5.41, 5.74) is 40.7. The summed E-state index contributed by atoms with van der Waals surface area (Å²) >= 11 is 0. The summed E-state index contributed by atoms with van der Waals surface area (Å²) in [6.07, 6.45) is 0. The monoisotopic (exact) mass is 1920 g/mol. The van der Waals surface area contributed by atoms with Gasteiger partial charge < -0.3 is 40.7 Å². The van der Waals surface area contributed by atoms with Gasteiger partial charge in [-0.25, -0.2) is 4.98 Å². The van der Waals surface area contributed by atoms with Crippen LogP contribution in [0.3, 0.4) is 0 Å². The number of benzene rings is 22. The van der Waals surface area contributed by atoms with Crippen molar-refractivity contribution < 1.29 is 13.3 Å². The molecule has 10 heterocycles. The van der Waals surface area contributed by atoms with E-state index in [2.05, 4.69) is 520 Å². The van der Waals surface area contributed by atoms with Crippen LogP contribution >= 0.6 is 0 Å². The minimum absolute atomic E-state index is 0.0746. The molecule has 702 valence electrons. The number of aromatic nitrogens is 7. The topological polar surface area (TPSA) is 81.9 Å². The van der Waals surface area contributed by atoms with Crippen molar-refractivity contribution in [3.8, 4) is 90.0 Å². The zero-order valence-electron chi connectivity index (χ0n) is 81.8. The molecule has 0 spiro atoms. The standard InChI is InChI=1S/C48H30N2O.C47H29N3O.C45H30N2O/c1-4-13-31(14-5-1)33-17-12-20-36(25-33)50-43-22-11-10-21-37(43)38-27-39-40-29-48-42(41-26-34(23-24-47(41)51-48)32-15-6-2-7-16-32)28-44(40)49(46(39)30-45(38)50)35-18-8-3-9-19-35;1-3-12-30(13-4-1)40-18-11-19-41(48-40)31-22-24-33(25-23-31)49-42-20-9-7-16-34(42)36-26-37-38-28-47-39(35-17-8-10-21-46(35)51-47)27-43(38)50(45(37)29-44(36)49)32-14-5-2-6-15-32;1-45(2)37-17-9-6-14-29(37)30-21-20-28(22-38(30)45)47-39-18-10-7-15-31(39)33-23-34-35-25-44-36(32-16-8-11-19-43(32)48-44)24-40(35)46(42(34)26-41(33)47)27-12-4-3-5-13-27/h1-30H;1-29H;3-26H,1-2H3. The molecule has 32 aromatic rings. The van der Waals surface area contributed by atoms with Crippen LogP contribution in [-0.4, -0.2) is 32.4 Å². The van der Waals surface area contributed by atoms with Crippen LogP contribution < -0.4 is 0 Å². The molecule has 10 aromatic heterocycles. The number of para-hydroxylation sites is 8. The van der Waals surface area contributed by atoms with Crippen molar-refractivity contribution >= 4 is 197 Å². The number of rotatable bonds is 10. The van der Waals surface area contributed by atoms with E-state index in [-0.39, 0.29) is 5.41 Å². The molecule has 1 aliphatic carbocycles. The zero-order valence-corrected chi connectivity index (χ0v) is 81.8. The van der Waals surface area contributed by atoms with Crippen LogP contribution in [0, 0.1) is 0 Å². The van der Waals surface area contributed by atoms with E-state index in [0.717, 1.165) is 144 Å². The second kappa shape index (κ2) is 33.1. The van der Waals surface area contributed by atoms with Crippen LogP contribution in [0.5, 0.6) is 0 Å². The molecule has 150 heavy (non-hydrogen) atoms. The molecule has 1 aliphatic rings. The molecule has 10 heteroatoms. The average molecular weight is 1920 g/mol. The highest BCUT2D eigenvalue weighted by Crippen LogP contribution is 2.53. The highest BCUT2D eigenvalue weighted by atomic mass is 16.3. The molecule has 0 saturated heterocycles. The predicted octanol–water partition coefficient (Wildman–Crippen LogP) is 37.7. The predicted molar refractivity (Wildman–Crippen MR) is 624 cm³/mol. The van der Waals surface area contributed by atoms with Gasteiger partial charge in [0.1, 0.15) is 33.5 Å². The number of furan rings is 3. The van der Waals surface area contributed by atoms with Gasteiger partial charge in [-0.1, -0.05) is 317 Å².